The number of hydrogen-bond donors (Lipinski definition) is 1. The minimum Gasteiger partial charge on any atom is -0.491 e. The minimum absolute atomic E-state index is 0.119. The summed E-state index contributed by atoms with van der Waals surface area (Å²) in [5.41, 5.74) is 9.15. The molecule has 0 spiro atoms. The van der Waals surface area contributed by atoms with Crippen molar-refractivity contribution in [3.05, 3.63) is 78.4 Å². The van der Waals surface area contributed by atoms with Gasteiger partial charge in [-0.2, -0.15) is 0 Å². The van der Waals surface area contributed by atoms with Crippen LogP contribution in [0.15, 0.2) is 72.2 Å². The van der Waals surface area contributed by atoms with Crippen LogP contribution in [0.25, 0.3) is 11.1 Å². The molecular formula is C22H22N4O2. The molecule has 2 N–H and O–H groups in total. The Morgan fingerprint density at radius 2 is 1.75 bits per heavy atom. The Bertz CT molecular complexity index is 987. The van der Waals surface area contributed by atoms with Gasteiger partial charge in [0, 0.05) is 18.0 Å². The lowest BCUT2D eigenvalue weighted by Gasteiger charge is -2.26. The number of aromatic nitrogens is 2. The van der Waals surface area contributed by atoms with Crippen molar-refractivity contribution in [2.75, 3.05) is 6.61 Å². The third kappa shape index (κ3) is 3.41. The normalized spacial score (nSPS) is 18.6. The molecule has 0 fully saturated rings. The van der Waals surface area contributed by atoms with Gasteiger partial charge in [-0.25, -0.2) is 15.0 Å². The first-order valence-corrected chi connectivity index (χ1v) is 9.18. The van der Waals surface area contributed by atoms with Gasteiger partial charge >= 0.3 is 0 Å². The van der Waals surface area contributed by atoms with E-state index in [1.54, 1.807) is 12.4 Å². The highest BCUT2D eigenvalue weighted by Gasteiger charge is 2.40. The molecule has 6 heteroatoms. The summed E-state index contributed by atoms with van der Waals surface area (Å²) in [5.74, 6) is 0.819. The number of nitrogens with two attached hydrogens (primary N) is 1. The summed E-state index contributed by atoms with van der Waals surface area (Å²) in [7, 11) is 0. The first-order valence-electron chi connectivity index (χ1n) is 9.18. The van der Waals surface area contributed by atoms with E-state index in [1.165, 1.54) is 6.33 Å². The second-order valence-electron chi connectivity index (χ2n) is 7.00. The van der Waals surface area contributed by atoms with Crippen molar-refractivity contribution in [1.29, 1.82) is 0 Å². The van der Waals surface area contributed by atoms with Crippen molar-refractivity contribution in [2.45, 2.75) is 25.5 Å². The molecule has 1 aliphatic heterocycles. The summed E-state index contributed by atoms with van der Waals surface area (Å²) in [6.07, 6.45) is 5.22. The quantitative estimate of drug-likeness (QED) is 0.739. The zero-order valence-electron chi connectivity index (χ0n) is 15.9. The van der Waals surface area contributed by atoms with Gasteiger partial charge in [0.15, 0.2) is 5.54 Å². The maximum atomic E-state index is 5.91. The monoisotopic (exact) mass is 374 g/mol. The molecule has 0 radical (unpaired) electrons. The molecule has 0 amide bonds. The Labute approximate surface area is 164 Å². The zero-order valence-corrected chi connectivity index (χ0v) is 15.9. The van der Waals surface area contributed by atoms with Crippen LogP contribution in [0.4, 0.5) is 0 Å². The smallest absolute Gasteiger partial charge is 0.283 e. The Hall–Kier alpha value is -3.41. The highest BCUT2D eigenvalue weighted by atomic mass is 16.5. The molecule has 3 aromatic rings. The van der Waals surface area contributed by atoms with Gasteiger partial charge < -0.3 is 15.2 Å². The van der Waals surface area contributed by atoms with Crippen LogP contribution in [0.2, 0.25) is 0 Å². The number of ether oxygens (including phenoxy) is 2. The zero-order chi connectivity index (χ0) is 19.6. The summed E-state index contributed by atoms with van der Waals surface area (Å²) in [6, 6.07) is 16.3. The van der Waals surface area contributed by atoms with Gasteiger partial charge in [-0.3, -0.25) is 0 Å². The summed E-state index contributed by atoms with van der Waals surface area (Å²) in [6.45, 7) is 4.35. The molecule has 142 valence electrons. The molecule has 4 rings (SSSR count). The Balaban J connectivity index is 1.77. The van der Waals surface area contributed by atoms with Crippen LogP contribution in [-0.4, -0.2) is 28.7 Å². The van der Waals surface area contributed by atoms with Crippen molar-refractivity contribution >= 4 is 6.02 Å². The average molecular weight is 374 g/mol. The van der Waals surface area contributed by atoms with Crippen LogP contribution in [0.5, 0.6) is 5.75 Å². The standard InChI is InChI=1S/C22H22N4O2/c1-15(2)28-20-8-6-18(7-9-20)22(13-27-21(23)26-22)19-5-3-4-16(10-19)17-11-24-14-25-12-17/h3-12,14-15H,13H2,1-2H3,(H2,23,26). The topological polar surface area (TPSA) is 82.6 Å². The Morgan fingerprint density at radius 1 is 1.00 bits per heavy atom. The number of hydrogen-bond acceptors (Lipinski definition) is 6. The van der Waals surface area contributed by atoms with Gasteiger partial charge in [-0.1, -0.05) is 30.3 Å². The van der Waals surface area contributed by atoms with E-state index < -0.39 is 5.54 Å². The van der Waals surface area contributed by atoms with Gasteiger partial charge in [-0.05, 0) is 48.7 Å². The van der Waals surface area contributed by atoms with Crippen molar-refractivity contribution in [1.82, 2.24) is 9.97 Å². The van der Waals surface area contributed by atoms with E-state index in [4.69, 9.17) is 15.2 Å². The lowest BCUT2D eigenvalue weighted by molar-refractivity contribution is 0.242. The number of amidine groups is 1. The molecule has 0 saturated heterocycles. The molecule has 1 unspecified atom stereocenters. The van der Waals surface area contributed by atoms with E-state index in [-0.39, 0.29) is 12.1 Å². The van der Waals surface area contributed by atoms with Crippen LogP contribution < -0.4 is 10.5 Å². The number of nitrogens with zero attached hydrogens (tertiary/aromatic N) is 3. The van der Waals surface area contributed by atoms with E-state index in [1.807, 2.05) is 56.3 Å². The molecule has 0 saturated carbocycles. The highest BCUT2D eigenvalue weighted by molar-refractivity contribution is 5.75. The van der Waals surface area contributed by atoms with E-state index in [0.29, 0.717) is 6.61 Å². The maximum Gasteiger partial charge on any atom is 0.283 e. The molecule has 0 bridgehead atoms. The second kappa shape index (κ2) is 7.31. The third-order valence-corrected chi connectivity index (χ3v) is 4.67. The molecule has 6 nitrogen and oxygen atoms in total. The molecule has 2 heterocycles. The van der Waals surface area contributed by atoms with Crippen LogP contribution in [0.1, 0.15) is 25.0 Å². The number of benzene rings is 2. The van der Waals surface area contributed by atoms with Gasteiger partial charge in [0.05, 0.1) is 6.10 Å². The predicted molar refractivity (Wildman–Crippen MR) is 108 cm³/mol. The van der Waals surface area contributed by atoms with Crippen molar-refractivity contribution in [3.8, 4) is 16.9 Å². The first-order chi connectivity index (χ1) is 13.6. The number of aliphatic imine (C=N–C) groups is 1. The van der Waals surface area contributed by atoms with Gasteiger partial charge in [0.25, 0.3) is 6.02 Å². The van der Waals surface area contributed by atoms with E-state index in [9.17, 15) is 0 Å². The van der Waals surface area contributed by atoms with E-state index >= 15 is 0 Å². The van der Waals surface area contributed by atoms with Gasteiger partial charge in [-0.15, -0.1) is 0 Å². The maximum absolute atomic E-state index is 5.91. The summed E-state index contributed by atoms with van der Waals surface area (Å²) < 4.78 is 11.4. The fourth-order valence-corrected chi connectivity index (χ4v) is 3.38. The van der Waals surface area contributed by atoms with Crippen molar-refractivity contribution in [3.63, 3.8) is 0 Å². The third-order valence-electron chi connectivity index (χ3n) is 4.67. The second-order valence-corrected chi connectivity index (χ2v) is 7.00. The SMILES string of the molecule is CC(C)Oc1ccc(C2(c3cccc(-c4cncnc4)c3)COC(N)=N2)cc1. The molecule has 1 atom stereocenters. The van der Waals surface area contributed by atoms with Crippen molar-refractivity contribution < 1.29 is 9.47 Å². The largest absolute Gasteiger partial charge is 0.491 e. The van der Waals surface area contributed by atoms with Crippen LogP contribution in [-0.2, 0) is 10.3 Å². The number of rotatable bonds is 5. The Kier molecular flexibility index (Phi) is 4.69. The molecule has 28 heavy (non-hydrogen) atoms. The Morgan fingerprint density at radius 3 is 2.39 bits per heavy atom. The average Bonchev–Trinajstić information content (AvgIpc) is 3.12. The van der Waals surface area contributed by atoms with Crippen LogP contribution in [0, 0.1) is 0 Å². The van der Waals surface area contributed by atoms with E-state index in [2.05, 4.69) is 21.0 Å². The van der Waals surface area contributed by atoms with Gasteiger partial charge in [0.2, 0.25) is 0 Å². The molecule has 1 aromatic heterocycles. The summed E-state index contributed by atoms with van der Waals surface area (Å²) in [4.78, 5) is 12.9. The molecule has 0 aliphatic carbocycles. The predicted octanol–water partition coefficient (Wildman–Crippen LogP) is 3.52. The lowest BCUT2D eigenvalue weighted by Crippen LogP contribution is -2.27. The minimum atomic E-state index is -0.702. The highest BCUT2D eigenvalue weighted by Crippen LogP contribution is 2.39. The molecule has 1 aliphatic rings. The van der Waals surface area contributed by atoms with Crippen LogP contribution >= 0.6 is 0 Å². The van der Waals surface area contributed by atoms with Crippen molar-refractivity contribution in [2.24, 2.45) is 10.7 Å². The summed E-state index contributed by atoms with van der Waals surface area (Å²) >= 11 is 0. The van der Waals surface area contributed by atoms with Gasteiger partial charge in [0.1, 0.15) is 18.7 Å². The lowest BCUT2D eigenvalue weighted by atomic mass is 9.83. The molecular weight excluding hydrogens is 352 g/mol. The van der Waals surface area contributed by atoms with Crippen LogP contribution in [0.3, 0.4) is 0 Å². The summed E-state index contributed by atoms with van der Waals surface area (Å²) in [5, 5.41) is 0. The fourth-order valence-electron chi connectivity index (χ4n) is 3.38. The van der Waals surface area contributed by atoms with E-state index in [0.717, 1.165) is 28.0 Å². The first kappa shape index (κ1) is 18.0. The molecule has 2 aromatic carbocycles. The fraction of sp³-hybridized carbons (Fsp3) is 0.227.